The second-order valence-electron chi connectivity index (χ2n) is 6.50. The van der Waals surface area contributed by atoms with Crippen molar-refractivity contribution in [3.63, 3.8) is 0 Å². The van der Waals surface area contributed by atoms with Crippen molar-refractivity contribution in [1.82, 2.24) is 25.4 Å². The summed E-state index contributed by atoms with van der Waals surface area (Å²) in [6.45, 7) is 5.95. The van der Waals surface area contributed by atoms with Crippen LogP contribution in [0.25, 0.3) is 0 Å². The van der Waals surface area contributed by atoms with Crippen LogP contribution < -0.4 is 10.6 Å². The molecular weight excluding hydrogens is 403 g/mol. The Kier molecular flexibility index (Phi) is 8.86. The van der Waals surface area contributed by atoms with Gasteiger partial charge in [0.2, 0.25) is 0 Å². The maximum absolute atomic E-state index is 4.27. The highest BCUT2D eigenvalue weighted by Crippen LogP contribution is 2.30. The van der Waals surface area contributed by atoms with Crippen LogP contribution in [0.15, 0.2) is 4.99 Å². The first-order chi connectivity index (χ1) is 10.6. The predicted molar refractivity (Wildman–Crippen MR) is 105 cm³/mol. The van der Waals surface area contributed by atoms with Gasteiger partial charge in [-0.2, -0.15) is 0 Å². The summed E-state index contributed by atoms with van der Waals surface area (Å²) >= 11 is 0. The minimum atomic E-state index is 0. The zero-order valence-corrected chi connectivity index (χ0v) is 17.1. The fourth-order valence-corrected chi connectivity index (χ4v) is 3.20. The van der Waals surface area contributed by atoms with E-state index in [2.05, 4.69) is 32.7 Å². The van der Waals surface area contributed by atoms with E-state index in [-0.39, 0.29) is 24.0 Å². The highest BCUT2D eigenvalue weighted by molar-refractivity contribution is 14.0. The Hall–Kier alpha value is -0.860. The van der Waals surface area contributed by atoms with Crippen molar-refractivity contribution >= 4 is 29.9 Å². The van der Waals surface area contributed by atoms with Gasteiger partial charge in [0, 0.05) is 20.6 Å². The highest BCUT2D eigenvalue weighted by Gasteiger charge is 2.18. The summed E-state index contributed by atoms with van der Waals surface area (Å²) in [5.74, 6) is 4.45. The molecule has 0 saturated heterocycles. The van der Waals surface area contributed by atoms with Crippen molar-refractivity contribution in [2.24, 2.45) is 23.9 Å². The molecule has 1 saturated carbocycles. The summed E-state index contributed by atoms with van der Waals surface area (Å²) in [7, 11) is 3.78. The number of aryl methyl sites for hydroxylation is 1. The van der Waals surface area contributed by atoms with Crippen LogP contribution in [0.4, 0.5) is 0 Å². The number of hydrogen-bond acceptors (Lipinski definition) is 3. The van der Waals surface area contributed by atoms with Gasteiger partial charge in [0.15, 0.2) is 11.8 Å². The Morgan fingerprint density at radius 3 is 2.70 bits per heavy atom. The molecule has 1 aliphatic carbocycles. The third-order valence-corrected chi connectivity index (χ3v) is 4.71. The molecule has 0 radical (unpaired) electrons. The van der Waals surface area contributed by atoms with Gasteiger partial charge in [-0.25, -0.2) is 0 Å². The predicted octanol–water partition coefficient (Wildman–Crippen LogP) is 2.62. The molecule has 132 valence electrons. The molecule has 0 spiro atoms. The lowest BCUT2D eigenvalue weighted by Gasteiger charge is -2.26. The first-order valence-corrected chi connectivity index (χ1v) is 8.39. The van der Waals surface area contributed by atoms with Crippen LogP contribution in [-0.4, -0.2) is 34.3 Å². The highest BCUT2D eigenvalue weighted by atomic mass is 127. The van der Waals surface area contributed by atoms with Gasteiger partial charge in [0.1, 0.15) is 5.82 Å². The monoisotopic (exact) mass is 434 g/mol. The number of aromatic nitrogens is 3. The molecule has 7 heteroatoms. The summed E-state index contributed by atoms with van der Waals surface area (Å²) in [5.41, 5.74) is 0. The second-order valence-corrected chi connectivity index (χ2v) is 6.50. The molecule has 2 unspecified atom stereocenters. The molecule has 0 aliphatic heterocycles. The Morgan fingerprint density at radius 2 is 2.09 bits per heavy atom. The average Bonchev–Trinajstić information content (AvgIpc) is 2.82. The summed E-state index contributed by atoms with van der Waals surface area (Å²) in [4.78, 5) is 4.27. The quantitative estimate of drug-likeness (QED) is 0.425. The molecule has 6 nitrogen and oxygen atoms in total. The van der Waals surface area contributed by atoms with Crippen LogP contribution in [0.1, 0.15) is 50.7 Å². The molecule has 2 atom stereocenters. The zero-order valence-electron chi connectivity index (χ0n) is 14.8. The van der Waals surface area contributed by atoms with Crippen molar-refractivity contribution in [2.75, 3.05) is 13.6 Å². The van der Waals surface area contributed by atoms with Gasteiger partial charge in [-0.15, -0.1) is 34.2 Å². The summed E-state index contributed by atoms with van der Waals surface area (Å²) in [5, 5.41) is 14.9. The normalized spacial score (nSPS) is 21.7. The van der Waals surface area contributed by atoms with E-state index in [0.717, 1.165) is 36.0 Å². The molecule has 0 bridgehead atoms. The standard InChI is InChI=1S/C16H30N6.HI/c1-12-6-5-7-14(10-12)8-9-18-16(17-3)19-11-15-21-20-13(2)22(15)4;/h12,14H,5-11H2,1-4H3,(H2,17,18,19);1H. The minimum Gasteiger partial charge on any atom is -0.356 e. The zero-order chi connectivity index (χ0) is 15.9. The lowest BCUT2D eigenvalue weighted by Crippen LogP contribution is -2.38. The first kappa shape index (κ1) is 20.2. The number of halogens is 1. The van der Waals surface area contributed by atoms with Crippen molar-refractivity contribution in [1.29, 1.82) is 0 Å². The topological polar surface area (TPSA) is 67.1 Å². The number of nitrogens with zero attached hydrogens (tertiary/aromatic N) is 4. The van der Waals surface area contributed by atoms with Gasteiger partial charge >= 0.3 is 0 Å². The maximum atomic E-state index is 4.27. The molecule has 1 heterocycles. The molecule has 1 aromatic heterocycles. The van der Waals surface area contributed by atoms with Crippen LogP contribution in [0, 0.1) is 18.8 Å². The Bertz CT molecular complexity index is 499. The van der Waals surface area contributed by atoms with Gasteiger partial charge < -0.3 is 15.2 Å². The van der Waals surface area contributed by atoms with E-state index in [1.165, 1.54) is 32.1 Å². The van der Waals surface area contributed by atoms with E-state index < -0.39 is 0 Å². The van der Waals surface area contributed by atoms with Crippen molar-refractivity contribution in [2.45, 2.75) is 52.5 Å². The molecule has 2 rings (SSSR count). The molecular formula is C16H31IN6. The number of aliphatic imine (C=N–C) groups is 1. The van der Waals surface area contributed by atoms with E-state index >= 15 is 0 Å². The number of guanidine groups is 1. The van der Waals surface area contributed by atoms with Crippen LogP contribution in [0.3, 0.4) is 0 Å². The molecule has 1 aliphatic rings. The lowest BCUT2D eigenvalue weighted by molar-refractivity contribution is 0.270. The van der Waals surface area contributed by atoms with Crippen LogP contribution >= 0.6 is 24.0 Å². The van der Waals surface area contributed by atoms with E-state index in [0.29, 0.717) is 6.54 Å². The van der Waals surface area contributed by atoms with Gasteiger partial charge in [-0.1, -0.05) is 26.2 Å². The van der Waals surface area contributed by atoms with Gasteiger partial charge in [0.05, 0.1) is 6.54 Å². The Balaban J connectivity index is 0.00000264. The van der Waals surface area contributed by atoms with E-state index in [1.54, 1.807) is 7.05 Å². The number of rotatable bonds is 5. The van der Waals surface area contributed by atoms with E-state index in [9.17, 15) is 0 Å². The Morgan fingerprint density at radius 1 is 1.30 bits per heavy atom. The van der Waals surface area contributed by atoms with E-state index in [4.69, 9.17) is 0 Å². The molecule has 0 aromatic carbocycles. The average molecular weight is 434 g/mol. The second kappa shape index (κ2) is 10.1. The fourth-order valence-electron chi connectivity index (χ4n) is 3.20. The molecule has 1 fully saturated rings. The smallest absolute Gasteiger partial charge is 0.191 e. The van der Waals surface area contributed by atoms with Crippen LogP contribution in [-0.2, 0) is 13.6 Å². The summed E-state index contributed by atoms with van der Waals surface area (Å²) < 4.78 is 1.99. The summed E-state index contributed by atoms with van der Waals surface area (Å²) in [6.07, 6.45) is 6.80. The third-order valence-electron chi connectivity index (χ3n) is 4.71. The molecule has 23 heavy (non-hydrogen) atoms. The van der Waals surface area contributed by atoms with Gasteiger partial charge in [-0.3, -0.25) is 4.99 Å². The van der Waals surface area contributed by atoms with Crippen LogP contribution in [0.2, 0.25) is 0 Å². The maximum Gasteiger partial charge on any atom is 0.191 e. The largest absolute Gasteiger partial charge is 0.356 e. The molecule has 1 aromatic rings. The fraction of sp³-hybridized carbons (Fsp3) is 0.812. The van der Waals surface area contributed by atoms with Gasteiger partial charge in [0.25, 0.3) is 0 Å². The minimum absolute atomic E-state index is 0. The molecule has 0 amide bonds. The summed E-state index contributed by atoms with van der Waals surface area (Å²) in [6, 6.07) is 0. The van der Waals surface area contributed by atoms with E-state index in [1.807, 2.05) is 18.5 Å². The lowest BCUT2D eigenvalue weighted by atomic mass is 9.81. The van der Waals surface area contributed by atoms with Crippen molar-refractivity contribution in [3.8, 4) is 0 Å². The Labute approximate surface area is 157 Å². The number of nitrogens with one attached hydrogen (secondary N) is 2. The van der Waals surface area contributed by atoms with Crippen LogP contribution in [0.5, 0.6) is 0 Å². The van der Waals surface area contributed by atoms with Gasteiger partial charge in [-0.05, 0) is 31.6 Å². The SMILES string of the molecule is CN=C(NCCC1CCCC(C)C1)NCc1nnc(C)n1C.I. The number of hydrogen-bond donors (Lipinski definition) is 2. The van der Waals surface area contributed by atoms with Crippen molar-refractivity contribution in [3.05, 3.63) is 11.6 Å². The third kappa shape index (κ3) is 6.27. The first-order valence-electron chi connectivity index (χ1n) is 8.39. The molecule has 2 N–H and O–H groups in total. The van der Waals surface area contributed by atoms with Crippen molar-refractivity contribution < 1.29 is 0 Å².